The van der Waals surface area contributed by atoms with E-state index in [1.165, 1.54) is 18.4 Å². The first-order valence-corrected chi connectivity index (χ1v) is 6.03. The molecule has 0 bridgehead atoms. The number of rotatable bonds is 2. The van der Waals surface area contributed by atoms with Gasteiger partial charge in [-0.25, -0.2) is 4.79 Å². The Bertz CT molecular complexity index is 470. The van der Waals surface area contributed by atoms with Crippen LogP contribution in [0.4, 0.5) is 0 Å². The molecule has 0 spiro atoms. The molecule has 0 aliphatic heterocycles. The summed E-state index contributed by atoms with van der Waals surface area (Å²) in [5, 5.41) is 8.99. The van der Waals surface area contributed by atoms with Crippen molar-refractivity contribution in [3.63, 3.8) is 0 Å². The average Bonchev–Trinajstić information content (AvgIpc) is 2.28. The second-order valence-corrected chi connectivity index (χ2v) is 5.40. The zero-order chi connectivity index (χ0) is 12.5. The minimum Gasteiger partial charge on any atom is -0.478 e. The Morgan fingerprint density at radius 3 is 2.76 bits per heavy atom. The van der Waals surface area contributed by atoms with Crippen molar-refractivity contribution in [3.8, 4) is 0 Å². The van der Waals surface area contributed by atoms with Crippen molar-refractivity contribution in [1.29, 1.82) is 0 Å². The van der Waals surface area contributed by atoms with Gasteiger partial charge in [0, 0.05) is 0 Å². The summed E-state index contributed by atoms with van der Waals surface area (Å²) in [7, 11) is 0. The van der Waals surface area contributed by atoms with Crippen molar-refractivity contribution in [2.45, 2.75) is 33.1 Å². The monoisotopic (exact) mass is 230 g/mol. The Morgan fingerprint density at radius 2 is 2.12 bits per heavy atom. The van der Waals surface area contributed by atoms with Crippen LogP contribution in [0, 0.1) is 5.41 Å². The van der Waals surface area contributed by atoms with Crippen LogP contribution in [0.3, 0.4) is 0 Å². The van der Waals surface area contributed by atoms with Crippen molar-refractivity contribution in [3.05, 3.63) is 41.5 Å². The molecule has 0 fully saturated rings. The largest absolute Gasteiger partial charge is 0.478 e. The van der Waals surface area contributed by atoms with E-state index in [4.69, 9.17) is 5.11 Å². The first-order valence-electron chi connectivity index (χ1n) is 6.03. The van der Waals surface area contributed by atoms with E-state index in [2.05, 4.69) is 19.9 Å². The third-order valence-corrected chi connectivity index (χ3v) is 3.31. The van der Waals surface area contributed by atoms with Crippen molar-refractivity contribution in [2.24, 2.45) is 5.41 Å². The van der Waals surface area contributed by atoms with Crippen molar-refractivity contribution in [2.75, 3.05) is 0 Å². The van der Waals surface area contributed by atoms with Gasteiger partial charge in [0.25, 0.3) is 0 Å². The Morgan fingerprint density at radius 1 is 1.35 bits per heavy atom. The highest BCUT2D eigenvalue weighted by atomic mass is 16.4. The minimum atomic E-state index is -0.859. The normalized spacial score (nSPS) is 18.6. The summed E-state index contributed by atoms with van der Waals surface area (Å²) in [6.07, 6.45) is 5.72. The maximum Gasteiger partial charge on any atom is 0.335 e. The maximum absolute atomic E-state index is 10.9. The van der Waals surface area contributed by atoms with Gasteiger partial charge in [-0.3, -0.25) is 0 Å². The molecule has 0 amide bonds. The van der Waals surface area contributed by atoms with Crippen molar-refractivity contribution in [1.82, 2.24) is 0 Å². The molecule has 2 rings (SSSR count). The summed E-state index contributed by atoms with van der Waals surface area (Å²) in [5.41, 5.74) is 2.93. The summed E-state index contributed by atoms with van der Waals surface area (Å²) < 4.78 is 0. The summed E-state index contributed by atoms with van der Waals surface area (Å²) in [6.45, 7) is 4.46. The topological polar surface area (TPSA) is 37.3 Å². The van der Waals surface area contributed by atoms with Crippen LogP contribution in [0.5, 0.6) is 0 Å². The van der Waals surface area contributed by atoms with Gasteiger partial charge in [-0.05, 0) is 47.9 Å². The SMILES string of the molecule is CC1(C)C=C(c2cccc(C(=O)O)c2)CCC1. The molecular formula is C15H18O2. The molecule has 1 aliphatic rings. The van der Waals surface area contributed by atoms with Crippen LogP contribution < -0.4 is 0 Å². The highest BCUT2D eigenvalue weighted by Crippen LogP contribution is 2.37. The lowest BCUT2D eigenvalue weighted by Gasteiger charge is -2.27. The van der Waals surface area contributed by atoms with Gasteiger partial charge in [0.2, 0.25) is 0 Å². The van der Waals surface area contributed by atoms with Gasteiger partial charge >= 0.3 is 5.97 Å². The Kier molecular flexibility index (Phi) is 3.05. The highest BCUT2D eigenvalue weighted by molar-refractivity contribution is 5.89. The van der Waals surface area contributed by atoms with Gasteiger partial charge in [-0.1, -0.05) is 32.1 Å². The molecule has 0 aromatic heterocycles. The minimum absolute atomic E-state index is 0.229. The lowest BCUT2D eigenvalue weighted by molar-refractivity contribution is 0.0697. The fourth-order valence-corrected chi connectivity index (χ4v) is 2.43. The van der Waals surface area contributed by atoms with Crippen molar-refractivity contribution >= 4 is 11.5 Å². The zero-order valence-corrected chi connectivity index (χ0v) is 10.4. The average molecular weight is 230 g/mol. The number of aromatic carboxylic acids is 1. The summed E-state index contributed by atoms with van der Waals surface area (Å²) in [5.74, 6) is -0.859. The quantitative estimate of drug-likeness (QED) is 0.834. The maximum atomic E-state index is 10.9. The molecule has 0 radical (unpaired) electrons. The van der Waals surface area contributed by atoms with E-state index < -0.39 is 5.97 Å². The lowest BCUT2D eigenvalue weighted by Crippen LogP contribution is -2.12. The number of benzene rings is 1. The molecule has 1 aromatic carbocycles. The van der Waals surface area contributed by atoms with Gasteiger partial charge in [-0.2, -0.15) is 0 Å². The number of allylic oxidation sites excluding steroid dienone is 2. The third-order valence-electron chi connectivity index (χ3n) is 3.31. The molecule has 0 saturated heterocycles. The molecule has 1 N–H and O–H groups in total. The molecule has 17 heavy (non-hydrogen) atoms. The Labute approximate surface area is 102 Å². The van der Waals surface area contributed by atoms with Crippen LogP contribution in [0.1, 0.15) is 49.0 Å². The number of carboxylic acid groups (broad SMARTS) is 1. The number of hydrogen-bond donors (Lipinski definition) is 1. The first-order chi connectivity index (χ1) is 7.98. The third kappa shape index (κ3) is 2.76. The van der Waals surface area contributed by atoms with E-state index in [9.17, 15) is 4.79 Å². The van der Waals surface area contributed by atoms with E-state index in [-0.39, 0.29) is 5.41 Å². The smallest absolute Gasteiger partial charge is 0.335 e. The second kappa shape index (κ2) is 4.36. The number of hydrogen-bond acceptors (Lipinski definition) is 1. The second-order valence-electron chi connectivity index (χ2n) is 5.40. The fraction of sp³-hybridized carbons (Fsp3) is 0.400. The Hall–Kier alpha value is -1.57. The standard InChI is InChI=1S/C15H18O2/c1-15(2)8-4-7-13(10-15)11-5-3-6-12(9-11)14(16)17/h3,5-6,9-10H,4,7-8H2,1-2H3,(H,16,17). The number of carbonyl (C=O) groups is 1. The molecular weight excluding hydrogens is 212 g/mol. The predicted molar refractivity (Wildman–Crippen MR) is 69.0 cm³/mol. The summed E-state index contributed by atoms with van der Waals surface area (Å²) >= 11 is 0. The zero-order valence-electron chi connectivity index (χ0n) is 10.4. The molecule has 1 aliphatic carbocycles. The van der Waals surface area contributed by atoms with Crippen LogP contribution in [0.15, 0.2) is 30.3 Å². The van der Waals surface area contributed by atoms with E-state index in [0.29, 0.717) is 5.56 Å². The molecule has 2 heteroatoms. The van der Waals surface area contributed by atoms with Gasteiger partial charge in [0.15, 0.2) is 0 Å². The number of carboxylic acids is 1. The van der Waals surface area contributed by atoms with E-state index in [1.807, 2.05) is 12.1 Å². The van der Waals surface area contributed by atoms with E-state index >= 15 is 0 Å². The lowest BCUT2D eigenvalue weighted by atomic mass is 9.78. The van der Waals surface area contributed by atoms with Crippen LogP contribution in [-0.2, 0) is 0 Å². The molecule has 0 unspecified atom stereocenters. The molecule has 0 heterocycles. The molecule has 1 aromatic rings. The van der Waals surface area contributed by atoms with Crippen LogP contribution in [0.25, 0.3) is 5.57 Å². The predicted octanol–water partition coefficient (Wildman–Crippen LogP) is 3.98. The van der Waals surface area contributed by atoms with E-state index in [1.54, 1.807) is 12.1 Å². The van der Waals surface area contributed by atoms with E-state index in [0.717, 1.165) is 12.0 Å². The first kappa shape index (κ1) is 11.9. The van der Waals surface area contributed by atoms with Crippen LogP contribution in [0.2, 0.25) is 0 Å². The summed E-state index contributed by atoms with van der Waals surface area (Å²) in [4.78, 5) is 10.9. The summed E-state index contributed by atoms with van der Waals surface area (Å²) in [6, 6.07) is 7.23. The van der Waals surface area contributed by atoms with Crippen molar-refractivity contribution < 1.29 is 9.90 Å². The van der Waals surface area contributed by atoms with Crippen LogP contribution in [-0.4, -0.2) is 11.1 Å². The van der Waals surface area contributed by atoms with Crippen LogP contribution >= 0.6 is 0 Å². The van der Waals surface area contributed by atoms with Gasteiger partial charge < -0.3 is 5.11 Å². The molecule has 0 saturated carbocycles. The molecule has 0 atom stereocenters. The Balaban J connectivity index is 2.37. The van der Waals surface area contributed by atoms with Gasteiger partial charge in [-0.15, -0.1) is 0 Å². The molecule has 2 nitrogen and oxygen atoms in total. The molecule has 90 valence electrons. The van der Waals surface area contributed by atoms with Gasteiger partial charge in [0.1, 0.15) is 0 Å². The van der Waals surface area contributed by atoms with Gasteiger partial charge in [0.05, 0.1) is 5.56 Å². The fourth-order valence-electron chi connectivity index (χ4n) is 2.43. The highest BCUT2D eigenvalue weighted by Gasteiger charge is 2.21.